The molecule has 4 unspecified atom stereocenters. The second kappa shape index (κ2) is 16.4. The highest BCUT2D eigenvalue weighted by molar-refractivity contribution is 7.99. The largest absolute Gasteiger partial charge is 0.431 e. The van der Waals surface area contributed by atoms with E-state index in [1.54, 1.807) is 24.3 Å². The Morgan fingerprint density at radius 3 is 1.95 bits per heavy atom. The summed E-state index contributed by atoms with van der Waals surface area (Å²) in [6.07, 6.45) is -1.23. The number of imide groups is 1. The summed E-state index contributed by atoms with van der Waals surface area (Å²) in [5, 5.41) is 10.3. The molecule has 0 aliphatic carbocycles. The number of hydrogen-bond acceptors (Lipinski definition) is 8. The van der Waals surface area contributed by atoms with Gasteiger partial charge in [-0.05, 0) is 52.1 Å². The van der Waals surface area contributed by atoms with E-state index in [0.29, 0.717) is 22.1 Å². The number of amides is 2. The fourth-order valence-electron chi connectivity index (χ4n) is 7.68. The number of hydrogen-bond donors (Lipinski definition) is 1. The minimum atomic E-state index is -0.685. The van der Waals surface area contributed by atoms with Crippen LogP contribution in [0.4, 0.5) is 0 Å². The molecule has 0 spiro atoms. The maximum atomic E-state index is 13.1. The molecule has 2 aliphatic rings. The van der Waals surface area contributed by atoms with Crippen molar-refractivity contribution in [2.75, 3.05) is 5.75 Å². The van der Waals surface area contributed by atoms with Gasteiger partial charge in [-0.25, -0.2) is 4.98 Å². The normalized spacial score (nSPS) is 19.0. The fraction of sp³-hybridized carbons (Fsp3) is 0.163. The average Bonchev–Trinajstić information content (AvgIpc) is 3.82. The van der Waals surface area contributed by atoms with Crippen molar-refractivity contribution in [2.45, 2.75) is 43.8 Å². The molecule has 9 rings (SSSR count). The van der Waals surface area contributed by atoms with E-state index in [1.165, 1.54) is 16.7 Å². The highest BCUT2D eigenvalue weighted by atomic mass is 32.2. The van der Waals surface area contributed by atoms with Crippen LogP contribution in [0.25, 0.3) is 33.7 Å². The Balaban J connectivity index is 0.985. The van der Waals surface area contributed by atoms with E-state index in [4.69, 9.17) is 18.9 Å². The first-order chi connectivity index (χ1) is 28.4. The Morgan fingerprint density at radius 1 is 0.638 bits per heavy atom. The molecule has 6 aromatic carbocycles. The van der Waals surface area contributed by atoms with Gasteiger partial charge in [-0.2, -0.15) is 0 Å². The smallest absolute Gasteiger partial charge is 0.261 e. The van der Waals surface area contributed by atoms with Gasteiger partial charge in [-0.15, -0.1) is 0 Å². The minimum Gasteiger partial charge on any atom is -0.431 e. The Morgan fingerprint density at radius 2 is 1.26 bits per heavy atom. The third-order valence-electron chi connectivity index (χ3n) is 10.8. The van der Waals surface area contributed by atoms with Crippen molar-refractivity contribution < 1.29 is 28.6 Å². The zero-order chi connectivity index (χ0) is 39.6. The van der Waals surface area contributed by atoms with Gasteiger partial charge in [0.05, 0.1) is 36.5 Å². The first-order valence-corrected chi connectivity index (χ1v) is 20.3. The monoisotopic (exact) mass is 784 g/mol. The lowest BCUT2D eigenvalue weighted by Gasteiger charge is -2.41. The second-order valence-corrected chi connectivity index (χ2v) is 15.6. The number of rotatable bonds is 11. The predicted octanol–water partition coefficient (Wildman–Crippen LogP) is 10.5. The molecule has 58 heavy (non-hydrogen) atoms. The molecule has 7 aromatic rings. The van der Waals surface area contributed by atoms with Gasteiger partial charge >= 0.3 is 0 Å². The molecular formula is C49H40N2O6S. The van der Waals surface area contributed by atoms with Gasteiger partial charge in [0, 0.05) is 28.4 Å². The second-order valence-electron chi connectivity index (χ2n) is 14.6. The first kappa shape index (κ1) is 37.5. The SMILES string of the molecule is CC1C(CSc2nc(-c3ccccc3)c(-c3ccccc3)o2)OC(c2cccc(-c3cccc(CN4C(=O)c5ccccc5C4=O)c3)c2)OC1c1ccc(CO)cc1. The topological polar surface area (TPSA) is 102 Å². The van der Waals surface area contributed by atoms with Crippen LogP contribution in [0.2, 0.25) is 0 Å². The Bertz CT molecular complexity index is 2480. The lowest BCUT2D eigenvalue weighted by atomic mass is 9.91. The number of nitrogens with zero attached hydrogens (tertiary/aromatic N) is 2. The quantitative estimate of drug-likeness (QED) is 0.102. The van der Waals surface area contributed by atoms with Crippen LogP contribution in [0.15, 0.2) is 167 Å². The molecule has 0 bridgehead atoms. The van der Waals surface area contributed by atoms with Gasteiger partial charge in [0.25, 0.3) is 17.0 Å². The number of ether oxygens (including phenoxy) is 2. The molecule has 1 fully saturated rings. The van der Waals surface area contributed by atoms with E-state index in [9.17, 15) is 14.7 Å². The number of oxazole rings is 1. The fourth-order valence-corrected chi connectivity index (χ4v) is 8.67. The van der Waals surface area contributed by atoms with Gasteiger partial charge < -0.3 is 19.0 Å². The van der Waals surface area contributed by atoms with Crippen LogP contribution in [0.3, 0.4) is 0 Å². The van der Waals surface area contributed by atoms with E-state index in [-0.39, 0.29) is 43.1 Å². The van der Waals surface area contributed by atoms with E-state index < -0.39 is 6.29 Å². The van der Waals surface area contributed by atoms with Gasteiger partial charge in [0.2, 0.25) is 0 Å². The molecule has 2 amide bonds. The van der Waals surface area contributed by atoms with Gasteiger partial charge in [0.15, 0.2) is 12.1 Å². The molecule has 3 heterocycles. The lowest BCUT2D eigenvalue weighted by molar-refractivity contribution is -0.268. The average molecular weight is 785 g/mol. The summed E-state index contributed by atoms with van der Waals surface area (Å²) < 4.78 is 20.1. The number of thioether (sulfide) groups is 1. The van der Waals surface area contributed by atoms with Crippen LogP contribution in [-0.2, 0) is 22.6 Å². The standard InChI is InChI=1S/C49H40N2O6S/c1-31-42(30-58-49-50-43(34-13-4-2-5-14-34)45(57-49)35-15-6-3-7-16-35)55-48(56-44(31)36-24-22-32(29-52)23-25-36)39-19-11-18-38(27-39)37-17-10-12-33(26-37)28-51-46(53)40-20-8-9-21-41(40)47(51)54/h2-27,31,42,44,48,52H,28-30H2,1H3. The van der Waals surface area contributed by atoms with Gasteiger partial charge in [-0.1, -0.05) is 152 Å². The number of aliphatic hydroxyl groups excluding tert-OH is 1. The molecule has 0 saturated carbocycles. The third-order valence-corrected chi connectivity index (χ3v) is 11.7. The third kappa shape index (κ3) is 7.53. The summed E-state index contributed by atoms with van der Waals surface area (Å²) in [6.45, 7) is 2.28. The minimum absolute atomic E-state index is 0.0370. The van der Waals surface area contributed by atoms with Crippen LogP contribution in [0.1, 0.15) is 62.3 Å². The zero-order valence-electron chi connectivity index (χ0n) is 31.7. The molecular weight excluding hydrogens is 745 g/mol. The summed E-state index contributed by atoms with van der Waals surface area (Å²) in [5.41, 5.74) is 9.02. The highest BCUT2D eigenvalue weighted by Crippen LogP contribution is 2.44. The molecule has 288 valence electrons. The number of aliphatic hydroxyl groups is 1. The maximum absolute atomic E-state index is 13.1. The van der Waals surface area contributed by atoms with Crippen LogP contribution in [0, 0.1) is 5.92 Å². The summed E-state index contributed by atoms with van der Waals surface area (Å²) in [4.78, 5) is 32.5. The number of benzene rings is 6. The van der Waals surface area contributed by atoms with Crippen molar-refractivity contribution in [1.29, 1.82) is 0 Å². The zero-order valence-corrected chi connectivity index (χ0v) is 32.5. The number of fused-ring (bicyclic) bond motifs is 1. The molecule has 1 saturated heterocycles. The molecule has 1 N–H and O–H groups in total. The van der Waals surface area contributed by atoms with Crippen molar-refractivity contribution in [3.8, 4) is 33.7 Å². The predicted molar refractivity (Wildman–Crippen MR) is 224 cm³/mol. The highest BCUT2D eigenvalue weighted by Gasteiger charge is 2.39. The Labute approximate surface area is 341 Å². The molecule has 9 heteroatoms. The van der Waals surface area contributed by atoms with E-state index in [0.717, 1.165) is 56.0 Å². The number of carbonyl (C=O) groups excluding carboxylic acids is 2. The molecule has 8 nitrogen and oxygen atoms in total. The van der Waals surface area contributed by atoms with Crippen LogP contribution in [-0.4, -0.2) is 38.7 Å². The summed E-state index contributed by atoms with van der Waals surface area (Å²) in [5.74, 6) is 0.688. The number of aromatic nitrogens is 1. The van der Waals surface area contributed by atoms with E-state index in [1.807, 2.05) is 127 Å². The van der Waals surface area contributed by atoms with Crippen molar-refractivity contribution in [3.63, 3.8) is 0 Å². The number of carbonyl (C=O) groups is 2. The summed E-state index contributed by atoms with van der Waals surface area (Å²) in [6, 6.07) is 51.0. The molecule has 0 radical (unpaired) electrons. The van der Waals surface area contributed by atoms with Crippen molar-refractivity contribution in [2.24, 2.45) is 5.92 Å². The molecule has 1 aromatic heterocycles. The molecule has 2 aliphatic heterocycles. The van der Waals surface area contributed by atoms with Crippen LogP contribution < -0.4 is 0 Å². The van der Waals surface area contributed by atoms with Crippen molar-refractivity contribution >= 4 is 23.6 Å². The lowest BCUT2D eigenvalue weighted by Crippen LogP contribution is -2.38. The van der Waals surface area contributed by atoms with Crippen LogP contribution >= 0.6 is 11.8 Å². The molecule has 4 atom stereocenters. The van der Waals surface area contributed by atoms with E-state index >= 15 is 0 Å². The maximum Gasteiger partial charge on any atom is 0.261 e. The Kier molecular flexibility index (Phi) is 10.6. The van der Waals surface area contributed by atoms with E-state index in [2.05, 4.69) is 13.0 Å². The summed E-state index contributed by atoms with van der Waals surface area (Å²) >= 11 is 1.52. The van der Waals surface area contributed by atoms with Gasteiger partial charge in [-0.3, -0.25) is 14.5 Å². The first-order valence-electron chi connectivity index (χ1n) is 19.3. The van der Waals surface area contributed by atoms with Crippen LogP contribution in [0.5, 0.6) is 0 Å². The van der Waals surface area contributed by atoms with Crippen molar-refractivity contribution in [1.82, 2.24) is 9.88 Å². The summed E-state index contributed by atoms with van der Waals surface area (Å²) in [7, 11) is 0. The van der Waals surface area contributed by atoms with Gasteiger partial charge in [0.1, 0.15) is 5.69 Å². The van der Waals surface area contributed by atoms with Crippen molar-refractivity contribution in [3.05, 3.63) is 191 Å². The Hall–Kier alpha value is -6.10.